The summed E-state index contributed by atoms with van der Waals surface area (Å²) in [5.74, 6) is -0.290. The van der Waals surface area contributed by atoms with Gasteiger partial charge in [-0.3, -0.25) is 9.10 Å². The van der Waals surface area contributed by atoms with Crippen LogP contribution in [-0.2, 0) is 27.1 Å². The SMILES string of the molecule is O=C(NCc1ccc(Cl)cc1Cl)[C@@H]1CN(S(=O)(=O)Cc2ccccc2)c2ccccc2O1. The van der Waals surface area contributed by atoms with E-state index < -0.39 is 22.0 Å². The summed E-state index contributed by atoms with van der Waals surface area (Å²) in [5.41, 5.74) is 1.76. The number of para-hydroxylation sites is 2. The number of anilines is 1. The number of amides is 1. The van der Waals surface area contributed by atoms with Crippen molar-refractivity contribution < 1.29 is 17.9 Å². The maximum atomic E-state index is 13.3. The second-order valence-corrected chi connectivity index (χ2v) is 10.0. The monoisotopic (exact) mass is 490 g/mol. The van der Waals surface area contributed by atoms with Gasteiger partial charge in [0.1, 0.15) is 5.75 Å². The van der Waals surface area contributed by atoms with Gasteiger partial charge < -0.3 is 10.1 Å². The second kappa shape index (κ2) is 9.40. The summed E-state index contributed by atoms with van der Waals surface area (Å²) >= 11 is 12.1. The number of nitrogens with one attached hydrogen (secondary N) is 1. The smallest absolute Gasteiger partial charge is 0.263 e. The van der Waals surface area contributed by atoms with Crippen LogP contribution < -0.4 is 14.4 Å². The predicted molar refractivity (Wildman–Crippen MR) is 126 cm³/mol. The third kappa shape index (κ3) is 5.01. The van der Waals surface area contributed by atoms with Gasteiger partial charge in [-0.15, -0.1) is 0 Å². The third-order valence-corrected chi connectivity index (χ3v) is 7.33. The molecule has 0 unspecified atom stereocenters. The molecule has 4 rings (SSSR count). The van der Waals surface area contributed by atoms with Crippen LogP contribution in [0.2, 0.25) is 10.0 Å². The van der Waals surface area contributed by atoms with Crippen LogP contribution >= 0.6 is 23.2 Å². The first kappa shape index (κ1) is 22.5. The molecular weight excluding hydrogens is 471 g/mol. The van der Waals surface area contributed by atoms with Crippen molar-refractivity contribution in [2.45, 2.75) is 18.4 Å². The molecule has 1 N–H and O–H groups in total. The molecular formula is C23H20Cl2N2O4S. The second-order valence-electron chi connectivity index (χ2n) is 7.30. The van der Waals surface area contributed by atoms with E-state index in [9.17, 15) is 13.2 Å². The molecule has 1 aliphatic rings. The van der Waals surface area contributed by atoms with Gasteiger partial charge in [-0.25, -0.2) is 8.42 Å². The molecule has 0 aliphatic carbocycles. The summed E-state index contributed by atoms with van der Waals surface area (Å²) in [4.78, 5) is 12.9. The lowest BCUT2D eigenvalue weighted by atomic mass is 10.2. The number of benzene rings is 3. The van der Waals surface area contributed by atoms with E-state index in [0.29, 0.717) is 32.6 Å². The molecule has 1 aliphatic heterocycles. The molecule has 0 saturated heterocycles. The lowest BCUT2D eigenvalue weighted by Gasteiger charge is -2.34. The minimum Gasteiger partial charge on any atom is -0.476 e. The van der Waals surface area contributed by atoms with E-state index in [1.54, 1.807) is 66.7 Å². The lowest BCUT2D eigenvalue weighted by molar-refractivity contribution is -0.127. The summed E-state index contributed by atoms with van der Waals surface area (Å²) in [6.07, 6.45) is -1.01. The Kier molecular flexibility index (Phi) is 6.60. The number of rotatable bonds is 6. The molecule has 1 atom stereocenters. The molecule has 3 aromatic carbocycles. The maximum absolute atomic E-state index is 13.3. The van der Waals surface area contributed by atoms with Crippen LogP contribution in [0, 0.1) is 0 Å². The zero-order valence-corrected chi connectivity index (χ0v) is 19.2. The first-order chi connectivity index (χ1) is 15.3. The van der Waals surface area contributed by atoms with Crippen molar-refractivity contribution in [3.63, 3.8) is 0 Å². The maximum Gasteiger partial charge on any atom is 0.263 e. The Labute approximate surface area is 196 Å². The molecule has 0 radical (unpaired) electrons. The van der Waals surface area contributed by atoms with Crippen LogP contribution in [0.4, 0.5) is 5.69 Å². The fraction of sp³-hybridized carbons (Fsp3) is 0.174. The highest BCUT2D eigenvalue weighted by atomic mass is 35.5. The highest BCUT2D eigenvalue weighted by Gasteiger charge is 2.36. The molecule has 0 bridgehead atoms. The number of hydrogen-bond donors (Lipinski definition) is 1. The van der Waals surface area contributed by atoms with E-state index in [2.05, 4.69) is 5.32 Å². The Hall–Kier alpha value is -2.74. The minimum absolute atomic E-state index is 0.133. The van der Waals surface area contributed by atoms with Crippen LogP contribution in [-0.4, -0.2) is 27.0 Å². The molecule has 166 valence electrons. The number of hydrogen-bond acceptors (Lipinski definition) is 4. The van der Waals surface area contributed by atoms with E-state index in [1.165, 1.54) is 4.31 Å². The van der Waals surface area contributed by atoms with Gasteiger partial charge in [0.25, 0.3) is 5.91 Å². The first-order valence-corrected chi connectivity index (χ1v) is 12.2. The van der Waals surface area contributed by atoms with Gasteiger partial charge in [0.15, 0.2) is 6.10 Å². The normalized spacial score (nSPS) is 15.6. The Bertz CT molecular complexity index is 1240. The van der Waals surface area contributed by atoms with E-state index >= 15 is 0 Å². The Morgan fingerprint density at radius 2 is 1.75 bits per heavy atom. The van der Waals surface area contributed by atoms with Crippen LogP contribution in [0.3, 0.4) is 0 Å². The third-order valence-electron chi connectivity index (χ3n) is 5.02. The van der Waals surface area contributed by atoms with Crippen molar-refractivity contribution in [2.75, 3.05) is 10.8 Å². The zero-order valence-electron chi connectivity index (χ0n) is 16.9. The average Bonchev–Trinajstić information content (AvgIpc) is 2.78. The Morgan fingerprint density at radius 1 is 1.03 bits per heavy atom. The largest absolute Gasteiger partial charge is 0.476 e. The minimum atomic E-state index is -3.76. The van der Waals surface area contributed by atoms with Gasteiger partial charge >= 0.3 is 0 Å². The van der Waals surface area contributed by atoms with E-state index in [4.69, 9.17) is 27.9 Å². The fourth-order valence-corrected chi connectivity index (χ4v) is 5.48. The van der Waals surface area contributed by atoms with Crippen molar-refractivity contribution in [3.8, 4) is 5.75 Å². The number of carbonyl (C=O) groups excluding carboxylic acids is 1. The van der Waals surface area contributed by atoms with Gasteiger partial charge in [-0.05, 0) is 35.4 Å². The highest BCUT2D eigenvalue weighted by molar-refractivity contribution is 7.92. The van der Waals surface area contributed by atoms with Gasteiger partial charge in [0.05, 0.1) is 18.0 Å². The van der Waals surface area contributed by atoms with Gasteiger partial charge in [-0.2, -0.15) is 0 Å². The summed E-state index contributed by atoms with van der Waals surface area (Å²) < 4.78 is 33.6. The summed E-state index contributed by atoms with van der Waals surface area (Å²) in [6, 6.07) is 20.7. The quantitative estimate of drug-likeness (QED) is 0.555. The molecule has 1 heterocycles. The van der Waals surface area contributed by atoms with E-state index in [1.807, 2.05) is 6.07 Å². The van der Waals surface area contributed by atoms with Gasteiger partial charge in [0, 0.05) is 16.6 Å². The number of ether oxygens (including phenoxy) is 1. The molecule has 9 heteroatoms. The molecule has 1 amide bonds. The Morgan fingerprint density at radius 3 is 2.50 bits per heavy atom. The predicted octanol–water partition coefficient (Wildman–Crippen LogP) is 4.41. The summed E-state index contributed by atoms with van der Waals surface area (Å²) in [6.45, 7) is 0.0273. The number of nitrogens with zero attached hydrogens (tertiary/aromatic N) is 1. The number of carbonyl (C=O) groups is 1. The van der Waals surface area contributed by atoms with Crippen molar-refractivity contribution in [1.82, 2.24) is 5.32 Å². The topological polar surface area (TPSA) is 75.7 Å². The number of sulfonamides is 1. The molecule has 0 fully saturated rings. The summed E-state index contributed by atoms with van der Waals surface area (Å²) in [5, 5.41) is 3.70. The molecule has 0 aromatic heterocycles. The van der Waals surface area contributed by atoms with E-state index in [-0.39, 0.29) is 18.8 Å². The van der Waals surface area contributed by atoms with Crippen LogP contribution in [0.15, 0.2) is 72.8 Å². The molecule has 0 spiro atoms. The highest BCUT2D eigenvalue weighted by Crippen LogP contribution is 2.35. The molecule has 32 heavy (non-hydrogen) atoms. The number of fused-ring (bicyclic) bond motifs is 1. The van der Waals surface area contributed by atoms with Crippen molar-refractivity contribution in [2.24, 2.45) is 0 Å². The van der Waals surface area contributed by atoms with Crippen molar-refractivity contribution in [3.05, 3.63) is 94.0 Å². The zero-order chi connectivity index (χ0) is 22.7. The van der Waals surface area contributed by atoms with Gasteiger partial charge in [0.2, 0.25) is 10.0 Å². The summed E-state index contributed by atoms with van der Waals surface area (Å²) in [7, 11) is -3.76. The van der Waals surface area contributed by atoms with Crippen molar-refractivity contribution >= 4 is 44.8 Å². The average molecular weight is 491 g/mol. The van der Waals surface area contributed by atoms with Crippen LogP contribution in [0.5, 0.6) is 5.75 Å². The molecule has 0 saturated carbocycles. The van der Waals surface area contributed by atoms with Crippen molar-refractivity contribution in [1.29, 1.82) is 0 Å². The van der Waals surface area contributed by atoms with E-state index in [0.717, 1.165) is 0 Å². The van der Waals surface area contributed by atoms with Gasteiger partial charge in [-0.1, -0.05) is 71.7 Å². The fourth-order valence-electron chi connectivity index (χ4n) is 3.43. The molecule has 6 nitrogen and oxygen atoms in total. The van der Waals surface area contributed by atoms with Crippen LogP contribution in [0.25, 0.3) is 0 Å². The molecule has 3 aromatic rings. The Balaban J connectivity index is 1.54. The lowest BCUT2D eigenvalue weighted by Crippen LogP contribution is -2.50. The van der Waals surface area contributed by atoms with Crippen LogP contribution in [0.1, 0.15) is 11.1 Å². The number of halogens is 2. The first-order valence-electron chi connectivity index (χ1n) is 9.85. The standard InChI is InChI=1S/C23H20Cl2N2O4S/c24-18-11-10-17(19(25)12-18)13-26-23(28)22-14-27(20-8-4-5-9-21(20)31-22)32(29,30)15-16-6-2-1-3-7-16/h1-12,22H,13-15H2,(H,26,28)/t22-/m0/s1.